The van der Waals surface area contributed by atoms with Crippen LogP contribution < -0.4 is 0 Å². The topological polar surface area (TPSA) is 55.2 Å². The van der Waals surface area contributed by atoms with Gasteiger partial charge in [-0.15, -0.1) is 0 Å². The number of para-hydroxylation sites is 2. The van der Waals surface area contributed by atoms with E-state index in [4.69, 9.17) is 4.98 Å². The normalized spacial score (nSPS) is 19.7. The van der Waals surface area contributed by atoms with Crippen LogP contribution >= 0.6 is 0 Å². The van der Waals surface area contributed by atoms with Crippen molar-refractivity contribution >= 4 is 20.9 Å². The molecule has 0 spiro atoms. The molecule has 2 heterocycles. The van der Waals surface area contributed by atoms with Gasteiger partial charge in [0.2, 0.25) is 0 Å². The third kappa shape index (κ3) is 3.58. The number of hydrogen-bond donors (Lipinski definition) is 0. The second-order valence-corrected chi connectivity index (χ2v) is 8.64. The van der Waals surface area contributed by atoms with Crippen LogP contribution in [-0.2, 0) is 16.4 Å². The molecular weight excluding hydrogens is 310 g/mol. The van der Waals surface area contributed by atoms with E-state index < -0.39 is 9.84 Å². The van der Waals surface area contributed by atoms with Gasteiger partial charge in [-0.2, -0.15) is 0 Å². The molecule has 3 rings (SSSR count). The lowest BCUT2D eigenvalue weighted by Gasteiger charge is -2.24. The SMILES string of the molecule is CCn1c(C2CCCN2CCCS(C)(=O)=O)nc2ccccc21. The van der Waals surface area contributed by atoms with Crippen molar-refractivity contribution in [2.45, 2.75) is 38.8 Å². The first-order valence-corrected chi connectivity index (χ1v) is 10.4. The number of aryl methyl sites for hydroxylation is 1. The van der Waals surface area contributed by atoms with Gasteiger partial charge in [-0.05, 0) is 51.4 Å². The van der Waals surface area contributed by atoms with E-state index >= 15 is 0 Å². The Labute approximate surface area is 138 Å². The monoisotopic (exact) mass is 335 g/mol. The number of rotatable bonds is 6. The predicted octanol–water partition coefficient (Wildman–Crippen LogP) is 2.63. The van der Waals surface area contributed by atoms with Crippen LogP contribution in [-0.4, -0.2) is 48.0 Å². The Balaban J connectivity index is 1.82. The lowest BCUT2D eigenvalue weighted by atomic mass is 10.2. The van der Waals surface area contributed by atoms with Gasteiger partial charge in [-0.25, -0.2) is 13.4 Å². The van der Waals surface area contributed by atoms with E-state index in [0.29, 0.717) is 12.5 Å². The minimum Gasteiger partial charge on any atom is -0.327 e. The molecule has 2 aromatic rings. The molecule has 126 valence electrons. The van der Waals surface area contributed by atoms with Crippen LogP contribution in [0.2, 0.25) is 0 Å². The molecule has 1 fully saturated rings. The Morgan fingerprint density at radius 1 is 1.30 bits per heavy atom. The molecule has 1 aromatic heterocycles. The molecule has 0 amide bonds. The minimum absolute atomic E-state index is 0.264. The summed E-state index contributed by atoms with van der Waals surface area (Å²) in [5.74, 6) is 1.39. The summed E-state index contributed by atoms with van der Waals surface area (Å²) in [6, 6.07) is 8.57. The molecule has 1 aliphatic rings. The molecule has 6 heteroatoms. The molecular formula is C17H25N3O2S. The first-order chi connectivity index (χ1) is 11.0. The smallest absolute Gasteiger partial charge is 0.147 e. The van der Waals surface area contributed by atoms with Crippen LogP contribution in [0.3, 0.4) is 0 Å². The number of sulfone groups is 1. The van der Waals surface area contributed by atoms with Crippen molar-refractivity contribution in [3.8, 4) is 0 Å². The average molecular weight is 335 g/mol. The molecule has 1 atom stereocenters. The zero-order valence-corrected chi connectivity index (χ0v) is 14.7. The summed E-state index contributed by atoms with van der Waals surface area (Å²) in [7, 11) is -2.88. The first kappa shape index (κ1) is 16.5. The van der Waals surface area contributed by atoms with Gasteiger partial charge in [-0.3, -0.25) is 4.90 Å². The van der Waals surface area contributed by atoms with Crippen molar-refractivity contribution < 1.29 is 8.42 Å². The molecule has 0 saturated carbocycles. The van der Waals surface area contributed by atoms with E-state index in [2.05, 4.69) is 34.6 Å². The maximum Gasteiger partial charge on any atom is 0.147 e. The van der Waals surface area contributed by atoms with E-state index in [0.717, 1.165) is 43.8 Å². The van der Waals surface area contributed by atoms with Crippen molar-refractivity contribution in [3.05, 3.63) is 30.1 Å². The molecule has 5 nitrogen and oxygen atoms in total. The van der Waals surface area contributed by atoms with E-state index in [1.54, 1.807) is 0 Å². The molecule has 1 aliphatic heterocycles. The maximum atomic E-state index is 11.3. The standard InChI is InChI=1S/C17H25N3O2S/c1-3-20-15-9-5-4-8-14(15)18-17(20)16-10-6-11-19(16)12-7-13-23(2,21)22/h4-5,8-9,16H,3,6-7,10-13H2,1-2H3. The molecule has 0 N–H and O–H groups in total. The van der Waals surface area contributed by atoms with Gasteiger partial charge in [0.05, 0.1) is 22.8 Å². The average Bonchev–Trinajstić information content (AvgIpc) is 3.09. The Morgan fingerprint density at radius 3 is 2.83 bits per heavy atom. The fourth-order valence-electron chi connectivity index (χ4n) is 3.60. The summed E-state index contributed by atoms with van der Waals surface area (Å²) in [5, 5.41) is 0. The number of imidazole rings is 1. The lowest BCUT2D eigenvalue weighted by molar-refractivity contribution is 0.245. The zero-order chi connectivity index (χ0) is 16.4. The molecule has 1 unspecified atom stereocenters. The quantitative estimate of drug-likeness (QED) is 0.814. The third-order valence-corrected chi connectivity index (χ3v) is 5.65. The van der Waals surface area contributed by atoms with Crippen LogP contribution in [0.4, 0.5) is 0 Å². The predicted molar refractivity (Wildman–Crippen MR) is 93.3 cm³/mol. The summed E-state index contributed by atoms with van der Waals surface area (Å²) in [6.07, 6.45) is 4.26. The Bertz CT molecular complexity index is 782. The van der Waals surface area contributed by atoms with Gasteiger partial charge < -0.3 is 4.57 Å². The second kappa shape index (κ2) is 6.61. The van der Waals surface area contributed by atoms with Gasteiger partial charge >= 0.3 is 0 Å². The van der Waals surface area contributed by atoms with Crippen LogP contribution in [0.15, 0.2) is 24.3 Å². The van der Waals surface area contributed by atoms with Gasteiger partial charge in [0.15, 0.2) is 0 Å². The molecule has 0 bridgehead atoms. The van der Waals surface area contributed by atoms with Crippen molar-refractivity contribution in [1.29, 1.82) is 0 Å². The van der Waals surface area contributed by atoms with Crippen LogP contribution in [0.1, 0.15) is 38.1 Å². The van der Waals surface area contributed by atoms with Crippen LogP contribution in [0, 0.1) is 0 Å². The number of fused-ring (bicyclic) bond motifs is 1. The number of aromatic nitrogens is 2. The zero-order valence-electron chi connectivity index (χ0n) is 13.9. The van der Waals surface area contributed by atoms with Crippen molar-refractivity contribution in [2.24, 2.45) is 0 Å². The van der Waals surface area contributed by atoms with E-state index in [9.17, 15) is 8.42 Å². The summed E-state index contributed by atoms with van der Waals surface area (Å²) in [5.41, 5.74) is 2.24. The molecule has 1 saturated heterocycles. The van der Waals surface area contributed by atoms with Gasteiger partial charge in [-0.1, -0.05) is 12.1 Å². The Kier molecular flexibility index (Phi) is 4.73. The highest BCUT2D eigenvalue weighted by molar-refractivity contribution is 7.90. The van der Waals surface area contributed by atoms with Crippen molar-refractivity contribution in [2.75, 3.05) is 25.1 Å². The number of hydrogen-bond acceptors (Lipinski definition) is 4. The number of benzene rings is 1. The van der Waals surface area contributed by atoms with Crippen LogP contribution in [0.5, 0.6) is 0 Å². The molecule has 23 heavy (non-hydrogen) atoms. The first-order valence-electron chi connectivity index (χ1n) is 8.36. The molecule has 0 aliphatic carbocycles. The van der Waals surface area contributed by atoms with Gasteiger partial charge in [0.1, 0.15) is 15.7 Å². The van der Waals surface area contributed by atoms with Gasteiger partial charge in [0, 0.05) is 12.8 Å². The lowest BCUT2D eigenvalue weighted by Crippen LogP contribution is -2.27. The maximum absolute atomic E-state index is 11.3. The van der Waals surface area contributed by atoms with Crippen molar-refractivity contribution in [1.82, 2.24) is 14.5 Å². The fourth-order valence-corrected chi connectivity index (χ4v) is 4.25. The Morgan fingerprint density at radius 2 is 2.09 bits per heavy atom. The highest BCUT2D eigenvalue weighted by Gasteiger charge is 2.30. The highest BCUT2D eigenvalue weighted by Crippen LogP contribution is 2.33. The summed E-state index contributed by atoms with van der Waals surface area (Å²) < 4.78 is 25.0. The van der Waals surface area contributed by atoms with E-state index in [1.807, 2.05) is 6.07 Å². The summed E-state index contributed by atoms with van der Waals surface area (Å²) in [6.45, 7) is 4.91. The van der Waals surface area contributed by atoms with Gasteiger partial charge in [0.25, 0.3) is 0 Å². The number of nitrogens with zero attached hydrogens (tertiary/aromatic N) is 3. The molecule has 1 aromatic carbocycles. The van der Waals surface area contributed by atoms with E-state index in [-0.39, 0.29) is 5.75 Å². The van der Waals surface area contributed by atoms with E-state index in [1.165, 1.54) is 11.8 Å². The largest absolute Gasteiger partial charge is 0.327 e. The Hall–Kier alpha value is -1.40. The third-order valence-electron chi connectivity index (χ3n) is 4.62. The highest BCUT2D eigenvalue weighted by atomic mass is 32.2. The van der Waals surface area contributed by atoms with Crippen molar-refractivity contribution in [3.63, 3.8) is 0 Å². The minimum atomic E-state index is -2.88. The summed E-state index contributed by atoms with van der Waals surface area (Å²) in [4.78, 5) is 7.28. The number of likely N-dealkylation sites (tertiary alicyclic amines) is 1. The van der Waals surface area contributed by atoms with Crippen LogP contribution in [0.25, 0.3) is 11.0 Å². The fraction of sp³-hybridized carbons (Fsp3) is 0.588. The molecule has 0 radical (unpaired) electrons. The second-order valence-electron chi connectivity index (χ2n) is 6.38. The summed E-state index contributed by atoms with van der Waals surface area (Å²) >= 11 is 0.